The number of piperazine rings is 1. The van der Waals surface area contributed by atoms with Crippen LogP contribution in [0.3, 0.4) is 0 Å². The first-order valence-corrected chi connectivity index (χ1v) is 9.28. The second-order valence-corrected chi connectivity index (χ2v) is 7.91. The Balaban J connectivity index is 1.84. The van der Waals surface area contributed by atoms with Crippen molar-refractivity contribution >= 4 is 44.8 Å². The molecule has 2 rings (SSSR count). The van der Waals surface area contributed by atoms with Crippen molar-refractivity contribution in [3.63, 3.8) is 0 Å². The Bertz CT molecular complexity index is 658. The Hall–Kier alpha value is -0.860. The zero-order valence-corrected chi connectivity index (χ0v) is 14.4. The summed E-state index contributed by atoms with van der Waals surface area (Å²) in [7, 11) is -3.16. The fraction of sp³-hybridized carbons (Fsp3) is 0.462. The van der Waals surface area contributed by atoms with Crippen LogP contribution in [0.25, 0.3) is 0 Å². The van der Waals surface area contributed by atoms with Crippen LogP contribution in [0, 0.1) is 0 Å². The van der Waals surface area contributed by atoms with E-state index in [1.807, 2.05) is 4.90 Å². The molecule has 1 aromatic rings. The molecule has 0 radical (unpaired) electrons. The lowest BCUT2D eigenvalue weighted by Gasteiger charge is -2.32. The van der Waals surface area contributed by atoms with Crippen LogP contribution in [-0.4, -0.2) is 62.5 Å². The maximum absolute atomic E-state index is 12.0. The summed E-state index contributed by atoms with van der Waals surface area (Å²) in [4.78, 5) is 13.9. The topological polar surface area (TPSA) is 69.7 Å². The number of carbonyl (C=O) groups excluding carboxylic acids is 1. The predicted octanol–water partition coefficient (Wildman–Crippen LogP) is 1.51. The highest BCUT2D eigenvalue weighted by Crippen LogP contribution is 2.24. The minimum absolute atomic E-state index is 0.175. The first kappa shape index (κ1) is 17.5. The van der Waals surface area contributed by atoms with E-state index in [0.717, 1.165) is 0 Å². The van der Waals surface area contributed by atoms with E-state index in [-0.39, 0.29) is 12.5 Å². The van der Waals surface area contributed by atoms with Crippen molar-refractivity contribution in [1.82, 2.24) is 9.21 Å². The van der Waals surface area contributed by atoms with E-state index < -0.39 is 10.0 Å². The van der Waals surface area contributed by atoms with Gasteiger partial charge in [0.25, 0.3) is 0 Å². The van der Waals surface area contributed by atoms with Crippen molar-refractivity contribution in [1.29, 1.82) is 0 Å². The molecule has 122 valence electrons. The third kappa shape index (κ3) is 4.82. The molecule has 1 heterocycles. The highest BCUT2D eigenvalue weighted by molar-refractivity contribution is 7.88. The number of hydrogen-bond acceptors (Lipinski definition) is 4. The van der Waals surface area contributed by atoms with Gasteiger partial charge in [-0.15, -0.1) is 0 Å². The van der Waals surface area contributed by atoms with Crippen molar-refractivity contribution in [3.8, 4) is 0 Å². The van der Waals surface area contributed by atoms with Gasteiger partial charge in [-0.05, 0) is 18.2 Å². The second kappa shape index (κ2) is 7.14. The minimum Gasteiger partial charge on any atom is -0.325 e. The minimum atomic E-state index is -3.16. The van der Waals surface area contributed by atoms with Gasteiger partial charge in [0, 0.05) is 31.9 Å². The number of halogens is 2. The summed E-state index contributed by atoms with van der Waals surface area (Å²) in [5, 5.41) is 3.55. The summed E-state index contributed by atoms with van der Waals surface area (Å²) in [6, 6.07) is 4.88. The first-order valence-electron chi connectivity index (χ1n) is 6.68. The van der Waals surface area contributed by atoms with E-state index in [1.165, 1.54) is 10.6 Å². The molecule has 22 heavy (non-hydrogen) atoms. The lowest BCUT2D eigenvalue weighted by atomic mass is 10.3. The largest absolute Gasteiger partial charge is 0.325 e. The van der Waals surface area contributed by atoms with Crippen LogP contribution in [0.2, 0.25) is 10.0 Å². The van der Waals surface area contributed by atoms with Crippen LogP contribution >= 0.6 is 23.2 Å². The summed E-state index contributed by atoms with van der Waals surface area (Å²) in [5.41, 5.74) is 0.578. The number of amides is 1. The summed E-state index contributed by atoms with van der Waals surface area (Å²) in [5.74, 6) is -0.175. The standard InChI is InChI=1S/C13H17Cl2N3O3S/c1-22(20,21)18-6-4-17(5-7-18)9-13(19)16-10-2-3-11(14)12(15)8-10/h2-3,8H,4-7,9H2,1H3,(H,16,19). The second-order valence-electron chi connectivity index (χ2n) is 5.12. The molecule has 1 aliphatic heterocycles. The van der Waals surface area contributed by atoms with Gasteiger partial charge in [0.15, 0.2) is 0 Å². The number of benzene rings is 1. The third-order valence-corrected chi connectivity index (χ3v) is 5.41. The number of anilines is 1. The van der Waals surface area contributed by atoms with Crippen molar-refractivity contribution in [2.75, 3.05) is 44.3 Å². The van der Waals surface area contributed by atoms with Gasteiger partial charge in [0.2, 0.25) is 15.9 Å². The Morgan fingerprint density at radius 2 is 1.82 bits per heavy atom. The Morgan fingerprint density at radius 1 is 1.18 bits per heavy atom. The summed E-state index contributed by atoms with van der Waals surface area (Å²) >= 11 is 11.7. The van der Waals surface area contributed by atoms with Crippen LogP contribution in [0.4, 0.5) is 5.69 Å². The monoisotopic (exact) mass is 365 g/mol. The zero-order valence-electron chi connectivity index (χ0n) is 12.1. The molecule has 0 aromatic heterocycles. The molecule has 0 atom stereocenters. The van der Waals surface area contributed by atoms with Gasteiger partial charge in [-0.1, -0.05) is 23.2 Å². The molecular formula is C13H17Cl2N3O3S. The van der Waals surface area contributed by atoms with E-state index in [1.54, 1.807) is 18.2 Å². The average molecular weight is 366 g/mol. The predicted molar refractivity (Wildman–Crippen MR) is 87.9 cm³/mol. The third-order valence-electron chi connectivity index (χ3n) is 3.37. The van der Waals surface area contributed by atoms with Gasteiger partial charge in [-0.3, -0.25) is 9.69 Å². The number of carbonyl (C=O) groups is 1. The normalized spacial score (nSPS) is 17.4. The molecule has 9 heteroatoms. The van der Waals surface area contributed by atoms with Crippen LogP contribution in [-0.2, 0) is 14.8 Å². The fourth-order valence-corrected chi connectivity index (χ4v) is 3.32. The number of hydrogen-bond donors (Lipinski definition) is 1. The van der Waals surface area contributed by atoms with Crippen molar-refractivity contribution < 1.29 is 13.2 Å². The lowest BCUT2D eigenvalue weighted by molar-refractivity contribution is -0.117. The Kier molecular flexibility index (Phi) is 5.68. The molecule has 0 aliphatic carbocycles. The molecule has 6 nitrogen and oxygen atoms in total. The summed E-state index contributed by atoms with van der Waals surface area (Å²) in [6.45, 7) is 2.07. The molecule has 0 saturated carbocycles. The molecule has 0 spiro atoms. The highest BCUT2D eigenvalue weighted by atomic mass is 35.5. The van der Waals surface area contributed by atoms with Crippen molar-refractivity contribution in [3.05, 3.63) is 28.2 Å². The highest BCUT2D eigenvalue weighted by Gasteiger charge is 2.24. The van der Waals surface area contributed by atoms with E-state index >= 15 is 0 Å². The molecule has 1 saturated heterocycles. The van der Waals surface area contributed by atoms with Gasteiger partial charge >= 0.3 is 0 Å². The first-order chi connectivity index (χ1) is 10.3. The van der Waals surface area contributed by atoms with Gasteiger partial charge in [-0.2, -0.15) is 4.31 Å². The smallest absolute Gasteiger partial charge is 0.238 e. The maximum atomic E-state index is 12.0. The number of nitrogens with one attached hydrogen (secondary N) is 1. The van der Waals surface area contributed by atoms with E-state index in [2.05, 4.69) is 5.32 Å². The maximum Gasteiger partial charge on any atom is 0.238 e. The molecule has 1 aliphatic rings. The molecule has 0 unspecified atom stereocenters. The number of sulfonamides is 1. The number of rotatable bonds is 4. The summed E-state index contributed by atoms with van der Waals surface area (Å²) < 4.78 is 24.3. The van der Waals surface area contributed by atoms with E-state index in [0.29, 0.717) is 41.9 Å². The molecule has 1 N–H and O–H groups in total. The van der Waals surface area contributed by atoms with Gasteiger partial charge in [0.05, 0.1) is 22.8 Å². The molecule has 1 amide bonds. The quantitative estimate of drug-likeness (QED) is 0.877. The molecule has 0 bridgehead atoms. The Morgan fingerprint density at radius 3 is 2.36 bits per heavy atom. The van der Waals surface area contributed by atoms with Gasteiger partial charge in [-0.25, -0.2) is 8.42 Å². The zero-order chi connectivity index (χ0) is 16.3. The van der Waals surface area contributed by atoms with Crippen LogP contribution in [0.15, 0.2) is 18.2 Å². The fourth-order valence-electron chi connectivity index (χ4n) is 2.20. The Labute approximate surface area is 140 Å². The van der Waals surface area contributed by atoms with E-state index in [9.17, 15) is 13.2 Å². The molecular weight excluding hydrogens is 349 g/mol. The van der Waals surface area contributed by atoms with Crippen LogP contribution in [0.1, 0.15) is 0 Å². The van der Waals surface area contributed by atoms with Gasteiger partial charge in [0.1, 0.15) is 0 Å². The average Bonchev–Trinajstić information content (AvgIpc) is 2.42. The molecule has 1 fully saturated rings. The van der Waals surface area contributed by atoms with Crippen molar-refractivity contribution in [2.45, 2.75) is 0 Å². The summed E-state index contributed by atoms with van der Waals surface area (Å²) in [6.07, 6.45) is 1.19. The van der Waals surface area contributed by atoms with E-state index in [4.69, 9.17) is 23.2 Å². The van der Waals surface area contributed by atoms with Gasteiger partial charge < -0.3 is 5.32 Å². The van der Waals surface area contributed by atoms with Crippen LogP contribution < -0.4 is 5.32 Å². The SMILES string of the molecule is CS(=O)(=O)N1CCN(CC(=O)Nc2ccc(Cl)c(Cl)c2)CC1. The number of nitrogens with zero attached hydrogens (tertiary/aromatic N) is 2. The van der Waals surface area contributed by atoms with Crippen molar-refractivity contribution in [2.24, 2.45) is 0 Å². The van der Waals surface area contributed by atoms with Crippen LogP contribution in [0.5, 0.6) is 0 Å². The lowest BCUT2D eigenvalue weighted by Crippen LogP contribution is -2.50. The molecule has 1 aromatic carbocycles.